The van der Waals surface area contributed by atoms with E-state index in [-0.39, 0.29) is 24.1 Å². The number of fused-ring (bicyclic) bond motifs is 4. The summed E-state index contributed by atoms with van der Waals surface area (Å²) in [6, 6.07) is 10.7. The molecule has 0 aliphatic carbocycles. The van der Waals surface area contributed by atoms with Gasteiger partial charge >= 0.3 is 11.9 Å². The molecule has 2 aliphatic heterocycles. The molecule has 2 aliphatic rings. The maximum atomic E-state index is 12.0. The summed E-state index contributed by atoms with van der Waals surface area (Å²) in [6.45, 7) is 11.4. The van der Waals surface area contributed by atoms with Gasteiger partial charge in [0.15, 0.2) is 0 Å². The van der Waals surface area contributed by atoms with Gasteiger partial charge in [0.1, 0.15) is 35.5 Å². The molecule has 6 N–H and O–H groups in total. The number of nitrogens with one attached hydrogen (secondary N) is 2. The summed E-state index contributed by atoms with van der Waals surface area (Å²) < 4.78 is 21.2. The molecule has 58 heavy (non-hydrogen) atoms. The molecule has 8 rings (SSSR count). The van der Waals surface area contributed by atoms with Crippen molar-refractivity contribution in [2.45, 2.75) is 77.7 Å². The van der Waals surface area contributed by atoms with Crippen LogP contribution in [0.2, 0.25) is 0 Å². The maximum Gasteiger partial charge on any atom is 0.340 e. The number of hydrogen-bond acceptors (Lipinski definition) is 16. The Balaban J connectivity index is 0.000000177. The van der Waals surface area contributed by atoms with Gasteiger partial charge in [0.05, 0.1) is 47.5 Å². The number of rotatable bonds is 8. The molecule has 0 saturated heterocycles. The second-order valence-corrected chi connectivity index (χ2v) is 15.5. The van der Waals surface area contributed by atoms with Crippen molar-refractivity contribution in [2.24, 2.45) is 11.5 Å². The lowest BCUT2D eigenvalue weighted by atomic mass is 9.93. The first-order valence-corrected chi connectivity index (χ1v) is 18.7. The van der Waals surface area contributed by atoms with Gasteiger partial charge in [-0.3, -0.25) is 0 Å². The van der Waals surface area contributed by atoms with Gasteiger partial charge in [-0.05, 0) is 99.8 Å². The standard InChI is InChI=1S/2C21H23N5O3/c2*1-11-7-16-12(20(27)29-11)5-6-17(25-16)26-18-8-13-14(9-23-18)19(28-4)24-10-15(13)21(2,3)22/h2*5-6,8-11H,7,22H2,1-4H3,(H,23,25,26)/t2*11-/m10/s1. The number of esters is 2. The lowest BCUT2D eigenvalue weighted by Gasteiger charge is -2.22. The normalized spacial score (nSPS) is 16.3. The van der Waals surface area contributed by atoms with E-state index >= 15 is 0 Å². The van der Waals surface area contributed by atoms with Crippen LogP contribution in [-0.4, -0.2) is 68.3 Å². The van der Waals surface area contributed by atoms with Gasteiger partial charge in [-0.1, -0.05) is 0 Å². The Morgan fingerprint density at radius 2 is 1.00 bits per heavy atom. The third kappa shape index (κ3) is 8.15. The molecule has 0 radical (unpaired) electrons. The molecular formula is C42H46N10O6. The molecule has 6 aromatic heterocycles. The highest BCUT2D eigenvalue weighted by atomic mass is 16.5. The van der Waals surface area contributed by atoms with E-state index in [1.165, 1.54) is 0 Å². The Bertz CT molecular complexity index is 2390. The van der Waals surface area contributed by atoms with Gasteiger partial charge in [-0.2, -0.15) is 0 Å². The SMILES string of the molecule is COc1ncc(C(C)(C)N)c2cc(Nc3ccc4c(n3)C[C@@H](C)OC4=O)ncc12.COc1ncc(C(C)(C)N)c2cc(Nc3ccc4c(n3)C[C@H](C)OC4=O)ncc12. The zero-order valence-corrected chi connectivity index (χ0v) is 33.6. The number of aromatic nitrogens is 6. The van der Waals surface area contributed by atoms with Crippen molar-refractivity contribution in [2.75, 3.05) is 24.9 Å². The van der Waals surface area contributed by atoms with Crippen LogP contribution in [0, 0.1) is 0 Å². The minimum Gasteiger partial charge on any atom is -0.481 e. The van der Waals surface area contributed by atoms with Crippen LogP contribution in [-0.2, 0) is 33.4 Å². The molecule has 0 spiro atoms. The molecule has 0 unspecified atom stereocenters. The number of carbonyl (C=O) groups excluding carboxylic acids is 2. The van der Waals surface area contributed by atoms with E-state index < -0.39 is 11.1 Å². The summed E-state index contributed by atoms with van der Waals surface area (Å²) in [5.74, 6) is 2.73. The Morgan fingerprint density at radius 3 is 1.36 bits per heavy atom. The van der Waals surface area contributed by atoms with Crippen LogP contribution in [0.5, 0.6) is 11.8 Å². The van der Waals surface area contributed by atoms with Crippen LogP contribution < -0.4 is 31.6 Å². The van der Waals surface area contributed by atoms with E-state index in [0.717, 1.165) is 32.7 Å². The number of methoxy groups -OCH3 is 2. The molecule has 0 bridgehead atoms. The van der Waals surface area contributed by atoms with Crippen molar-refractivity contribution < 1.29 is 28.5 Å². The number of carbonyl (C=O) groups is 2. The minimum absolute atomic E-state index is 0.189. The Hall–Kier alpha value is -6.52. The average Bonchev–Trinajstić information content (AvgIpc) is 3.16. The van der Waals surface area contributed by atoms with Crippen LogP contribution in [0.25, 0.3) is 21.5 Å². The monoisotopic (exact) mass is 786 g/mol. The highest BCUT2D eigenvalue weighted by Gasteiger charge is 2.27. The largest absolute Gasteiger partial charge is 0.481 e. The van der Waals surface area contributed by atoms with Gasteiger partial charge in [-0.15, -0.1) is 0 Å². The lowest BCUT2D eigenvalue weighted by molar-refractivity contribution is 0.0286. The fourth-order valence-corrected chi connectivity index (χ4v) is 6.92. The predicted octanol–water partition coefficient (Wildman–Crippen LogP) is 6.14. The zero-order valence-electron chi connectivity index (χ0n) is 33.6. The van der Waals surface area contributed by atoms with Crippen molar-refractivity contribution in [1.29, 1.82) is 0 Å². The summed E-state index contributed by atoms with van der Waals surface area (Å²) in [5, 5.41) is 9.79. The first-order chi connectivity index (χ1) is 27.5. The second kappa shape index (κ2) is 15.4. The number of anilines is 4. The molecular weight excluding hydrogens is 741 g/mol. The van der Waals surface area contributed by atoms with Gasteiger partial charge in [0.25, 0.3) is 0 Å². The Labute approximate surface area is 335 Å². The van der Waals surface area contributed by atoms with Crippen LogP contribution in [0.4, 0.5) is 23.3 Å². The first-order valence-electron chi connectivity index (χ1n) is 18.7. The zero-order chi connectivity index (χ0) is 41.5. The van der Waals surface area contributed by atoms with Crippen LogP contribution in [0.1, 0.15) is 84.8 Å². The number of nitrogens with two attached hydrogens (primary N) is 2. The Kier molecular flexibility index (Phi) is 10.6. The smallest absolute Gasteiger partial charge is 0.340 e. The topological polar surface area (TPSA) is 224 Å². The van der Waals surface area contributed by atoms with Gasteiger partial charge in [-0.25, -0.2) is 39.5 Å². The fraction of sp³-hybridized carbons (Fsp3) is 0.333. The summed E-state index contributed by atoms with van der Waals surface area (Å²) in [4.78, 5) is 50.8. The molecule has 0 fully saturated rings. The summed E-state index contributed by atoms with van der Waals surface area (Å²) in [5.41, 5.74) is 15.7. The number of pyridine rings is 6. The van der Waals surface area contributed by atoms with Crippen molar-refractivity contribution >= 4 is 56.8 Å². The molecule has 300 valence electrons. The molecule has 0 aromatic carbocycles. The fourth-order valence-electron chi connectivity index (χ4n) is 6.92. The van der Waals surface area contributed by atoms with Crippen molar-refractivity contribution in [3.63, 3.8) is 0 Å². The van der Waals surface area contributed by atoms with Gasteiger partial charge < -0.3 is 41.0 Å². The summed E-state index contributed by atoms with van der Waals surface area (Å²) in [7, 11) is 3.15. The first kappa shape index (κ1) is 39.7. The Morgan fingerprint density at radius 1 is 0.603 bits per heavy atom. The molecule has 16 heteroatoms. The van der Waals surface area contributed by atoms with Crippen molar-refractivity contribution in [1.82, 2.24) is 29.9 Å². The van der Waals surface area contributed by atoms with E-state index in [1.54, 1.807) is 63.3 Å². The molecule has 0 saturated carbocycles. The quantitative estimate of drug-likeness (QED) is 0.127. The van der Waals surface area contributed by atoms with Crippen LogP contribution in [0.15, 0.2) is 61.2 Å². The van der Waals surface area contributed by atoms with Crippen molar-refractivity contribution in [3.8, 4) is 11.8 Å². The van der Waals surface area contributed by atoms with E-state index in [9.17, 15) is 9.59 Å². The maximum absolute atomic E-state index is 12.0. The minimum atomic E-state index is -0.587. The summed E-state index contributed by atoms with van der Waals surface area (Å²) >= 11 is 0. The third-order valence-electron chi connectivity index (χ3n) is 9.72. The molecule has 16 nitrogen and oxygen atoms in total. The number of hydrogen-bond donors (Lipinski definition) is 4. The van der Waals surface area contributed by atoms with Gasteiger partial charge in [0, 0.05) is 48.7 Å². The molecule has 2 atom stereocenters. The summed E-state index contributed by atoms with van der Waals surface area (Å²) in [6.07, 6.45) is 7.65. The highest BCUT2D eigenvalue weighted by Crippen LogP contribution is 2.34. The molecule has 8 heterocycles. The predicted molar refractivity (Wildman–Crippen MR) is 219 cm³/mol. The van der Waals surface area contributed by atoms with E-state index in [0.29, 0.717) is 70.4 Å². The lowest BCUT2D eigenvalue weighted by Crippen LogP contribution is -2.29. The van der Waals surface area contributed by atoms with Crippen LogP contribution in [0.3, 0.4) is 0 Å². The van der Waals surface area contributed by atoms with Crippen molar-refractivity contribution in [3.05, 3.63) is 94.8 Å². The van der Waals surface area contributed by atoms with E-state index in [2.05, 4.69) is 40.5 Å². The third-order valence-corrected chi connectivity index (χ3v) is 9.72. The number of cyclic esters (lactones) is 2. The second-order valence-electron chi connectivity index (χ2n) is 15.5. The average molecular weight is 787 g/mol. The van der Waals surface area contributed by atoms with Crippen LogP contribution >= 0.6 is 0 Å². The van der Waals surface area contributed by atoms with E-state index in [4.69, 9.17) is 30.4 Å². The van der Waals surface area contributed by atoms with Gasteiger partial charge in [0.2, 0.25) is 11.8 Å². The number of ether oxygens (including phenoxy) is 4. The molecule has 6 aromatic rings. The highest BCUT2D eigenvalue weighted by molar-refractivity contribution is 5.94. The molecule has 0 amide bonds. The van der Waals surface area contributed by atoms with E-state index in [1.807, 2.05) is 53.7 Å². The number of nitrogens with zero attached hydrogens (tertiary/aromatic N) is 6.